The van der Waals surface area contributed by atoms with E-state index in [1.54, 1.807) is 4.90 Å². The van der Waals surface area contributed by atoms with Crippen molar-refractivity contribution in [2.24, 2.45) is 11.7 Å². The first kappa shape index (κ1) is 24.6. The fraction of sp³-hybridized carbons (Fsp3) is 0.476. The Labute approximate surface area is 207 Å². The second kappa shape index (κ2) is 9.74. The van der Waals surface area contributed by atoms with Gasteiger partial charge in [0.25, 0.3) is 0 Å². The number of carbonyl (C=O) groups excluding carboxylic acids is 1. The number of hydrogen-bond donors (Lipinski definition) is 1. The van der Waals surface area contributed by atoms with Gasteiger partial charge in [-0.15, -0.1) is 10.2 Å². The Morgan fingerprint density at radius 1 is 1.03 bits per heavy atom. The van der Waals surface area contributed by atoms with E-state index < -0.39 is 17.9 Å². The van der Waals surface area contributed by atoms with E-state index in [9.17, 15) is 22.4 Å². The third-order valence-corrected chi connectivity index (χ3v) is 6.22. The fourth-order valence-electron chi connectivity index (χ4n) is 4.22. The van der Waals surface area contributed by atoms with Crippen molar-refractivity contribution in [1.29, 1.82) is 0 Å². The number of primary amides is 1. The second-order valence-electron chi connectivity index (χ2n) is 8.67. The minimum absolute atomic E-state index is 0.00238. The number of carbonyl (C=O) groups is 1. The molecule has 0 radical (unpaired) electrons. The summed E-state index contributed by atoms with van der Waals surface area (Å²) in [6, 6.07) is 2.69. The standard InChI is InChI=1S/C21H22F4N10O2/c22-14-2-1-12(9-27-14)11-37-20-29-18(33-5-3-13(4-6-33)16(26)36)28-19(30-20)34-7-8-35-15(10-34)31-32-17(35)21(23,24)25/h1-2,9,13H,3-8,10-11H2,(H2,26,36). The molecule has 12 nitrogen and oxygen atoms in total. The molecule has 0 unspecified atom stereocenters. The van der Waals surface area contributed by atoms with Crippen LogP contribution in [-0.4, -0.2) is 60.2 Å². The number of pyridine rings is 1. The molecule has 5 rings (SSSR count). The van der Waals surface area contributed by atoms with Crippen LogP contribution in [0.3, 0.4) is 0 Å². The van der Waals surface area contributed by atoms with E-state index in [0.29, 0.717) is 37.4 Å². The number of aromatic nitrogens is 7. The van der Waals surface area contributed by atoms with Crippen molar-refractivity contribution in [1.82, 2.24) is 34.7 Å². The molecule has 0 saturated carbocycles. The quantitative estimate of drug-likeness (QED) is 0.372. The average Bonchev–Trinajstić information content (AvgIpc) is 3.32. The van der Waals surface area contributed by atoms with Crippen molar-refractivity contribution in [3.05, 3.63) is 41.5 Å². The molecule has 0 spiro atoms. The lowest BCUT2D eigenvalue weighted by molar-refractivity contribution is -0.147. The topological polar surface area (TPSA) is 141 Å². The van der Waals surface area contributed by atoms with Crippen LogP contribution in [0.1, 0.15) is 30.1 Å². The number of fused-ring (bicyclic) bond motifs is 1. The Balaban J connectivity index is 1.40. The van der Waals surface area contributed by atoms with E-state index in [1.165, 1.54) is 18.3 Å². The van der Waals surface area contributed by atoms with Crippen molar-refractivity contribution in [2.75, 3.05) is 29.4 Å². The van der Waals surface area contributed by atoms with Gasteiger partial charge in [0.1, 0.15) is 6.61 Å². The van der Waals surface area contributed by atoms with Gasteiger partial charge in [-0.25, -0.2) is 4.98 Å². The smallest absolute Gasteiger partial charge is 0.451 e. The Morgan fingerprint density at radius 3 is 2.41 bits per heavy atom. The molecular formula is C21H22F4N10O2. The number of nitrogens with two attached hydrogens (primary N) is 1. The summed E-state index contributed by atoms with van der Waals surface area (Å²) in [5.41, 5.74) is 6.01. The third-order valence-electron chi connectivity index (χ3n) is 6.22. The molecule has 16 heteroatoms. The summed E-state index contributed by atoms with van der Waals surface area (Å²) in [6.07, 6.45) is -2.23. The predicted molar refractivity (Wildman–Crippen MR) is 119 cm³/mol. The van der Waals surface area contributed by atoms with E-state index in [1.807, 2.05) is 4.90 Å². The van der Waals surface area contributed by atoms with E-state index >= 15 is 0 Å². The fourth-order valence-corrected chi connectivity index (χ4v) is 4.22. The average molecular weight is 522 g/mol. The molecule has 3 aromatic rings. The van der Waals surface area contributed by atoms with E-state index in [-0.39, 0.29) is 55.8 Å². The van der Waals surface area contributed by atoms with E-state index in [2.05, 4.69) is 30.1 Å². The zero-order valence-electron chi connectivity index (χ0n) is 19.4. The molecule has 3 aromatic heterocycles. The monoisotopic (exact) mass is 522 g/mol. The molecule has 0 atom stereocenters. The Bertz CT molecular complexity index is 1280. The zero-order chi connectivity index (χ0) is 26.2. The van der Waals surface area contributed by atoms with Crippen LogP contribution < -0.4 is 20.3 Å². The van der Waals surface area contributed by atoms with Gasteiger partial charge >= 0.3 is 12.2 Å². The summed E-state index contributed by atoms with van der Waals surface area (Å²) in [6.45, 7) is 1.10. The van der Waals surface area contributed by atoms with Crippen LogP contribution in [0.15, 0.2) is 18.3 Å². The molecule has 0 bridgehead atoms. The second-order valence-corrected chi connectivity index (χ2v) is 8.67. The van der Waals surface area contributed by atoms with Gasteiger partial charge in [-0.1, -0.05) is 0 Å². The number of anilines is 2. The summed E-state index contributed by atoms with van der Waals surface area (Å²) in [5, 5.41) is 7.00. The molecule has 1 saturated heterocycles. The Morgan fingerprint density at radius 2 is 1.76 bits per heavy atom. The van der Waals surface area contributed by atoms with Crippen LogP contribution >= 0.6 is 0 Å². The highest BCUT2D eigenvalue weighted by Crippen LogP contribution is 2.31. The van der Waals surface area contributed by atoms with Gasteiger partial charge in [0.05, 0.1) is 6.54 Å². The number of hydrogen-bond acceptors (Lipinski definition) is 10. The lowest BCUT2D eigenvalue weighted by atomic mass is 9.96. The van der Waals surface area contributed by atoms with E-state index in [4.69, 9.17) is 10.5 Å². The summed E-state index contributed by atoms with van der Waals surface area (Å²) in [4.78, 5) is 32.0. The first-order valence-electron chi connectivity index (χ1n) is 11.4. The maximum absolute atomic E-state index is 13.2. The van der Waals surface area contributed by atoms with Gasteiger partial charge in [-0.3, -0.25) is 4.79 Å². The van der Waals surface area contributed by atoms with Crippen LogP contribution in [0.5, 0.6) is 6.01 Å². The Kier molecular flexibility index (Phi) is 6.47. The highest BCUT2D eigenvalue weighted by atomic mass is 19.4. The minimum atomic E-state index is -4.61. The van der Waals surface area contributed by atoms with Gasteiger partial charge in [-0.05, 0) is 25.0 Å². The molecule has 1 amide bonds. The third kappa shape index (κ3) is 5.36. The number of rotatable bonds is 6. The molecule has 2 aliphatic heterocycles. The maximum atomic E-state index is 13.2. The van der Waals surface area contributed by atoms with Gasteiger partial charge < -0.3 is 24.8 Å². The molecule has 1 fully saturated rings. The van der Waals surface area contributed by atoms with Crippen LogP contribution in [-0.2, 0) is 30.7 Å². The number of ether oxygens (including phenoxy) is 1. The highest BCUT2D eigenvalue weighted by Gasteiger charge is 2.40. The van der Waals surface area contributed by atoms with Crippen LogP contribution in [0.25, 0.3) is 0 Å². The number of piperidine rings is 1. The van der Waals surface area contributed by atoms with Gasteiger partial charge in [0, 0.05) is 43.9 Å². The molecular weight excluding hydrogens is 500 g/mol. The van der Waals surface area contributed by atoms with Crippen molar-refractivity contribution < 1.29 is 27.1 Å². The van der Waals surface area contributed by atoms with Crippen molar-refractivity contribution >= 4 is 17.8 Å². The zero-order valence-corrected chi connectivity index (χ0v) is 19.4. The summed E-state index contributed by atoms with van der Waals surface area (Å²) in [7, 11) is 0. The first-order valence-corrected chi connectivity index (χ1v) is 11.4. The summed E-state index contributed by atoms with van der Waals surface area (Å²) in [5.74, 6) is -1.66. The van der Waals surface area contributed by atoms with Gasteiger partial charge in [0.15, 0.2) is 5.82 Å². The van der Waals surface area contributed by atoms with Crippen LogP contribution in [0.4, 0.5) is 29.5 Å². The Hall–Kier alpha value is -4.11. The van der Waals surface area contributed by atoms with Crippen molar-refractivity contribution in [2.45, 2.75) is 38.7 Å². The van der Waals surface area contributed by atoms with Crippen molar-refractivity contribution in [3.63, 3.8) is 0 Å². The molecule has 37 heavy (non-hydrogen) atoms. The van der Waals surface area contributed by atoms with Crippen LogP contribution in [0, 0.1) is 11.9 Å². The summed E-state index contributed by atoms with van der Waals surface area (Å²) >= 11 is 0. The van der Waals surface area contributed by atoms with Crippen LogP contribution in [0.2, 0.25) is 0 Å². The molecule has 2 aliphatic rings. The largest absolute Gasteiger partial charge is 0.458 e. The van der Waals surface area contributed by atoms with Crippen molar-refractivity contribution in [3.8, 4) is 6.01 Å². The van der Waals surface area contributed by atoms with Gasteiger partial charge in [-0.2, -0.15) is 32.5 Å². The number of halogens is 4. The van der Waals surface area contributed by atoms with Gasteiger partial charge in [0.2, 0.25) is 29.6 Å². The highest BCUT2D eigenvalue weighted by molar-refractivity contribution is 5.76. The number of nitrogens with zero attached hydrogens (tertiary/aromatic N) is 9. The molecule has 5 heterocycles. The molecule has 196 valence electrons. The lowest BCUT2D eigenvalue weighted by Crippen LogP contribution is -2.40. The molecule has 2 N–H and O–H groups in total. The van der Waals surface area contributed by atoms with E-state index in [0.717, 1.165) is 4.57 Å². The predicted octanol–water partition coefficient (Wildman–Crippen LogP) is 1.32. The summed E-state index contributed by atoms with van der Waals surface area (Å²) < 4.78 is 59.5. The molecule has 0 aliphatic carbocycles. The number of amides is 1. The minimum Gasteiger partial charge on any atom is -0.458 e. The first-order chi connectivity index (χ1) is 17.7. The molecule has 0 aromatic carbocycles. The SMILES string of the molecule is NC(=O)C1CCN(c2nc(OCc3ccc(F)nc3)nc(N3CCn4c(nnc4C(F)(F)F)C3)n2)CC1. The number of alkyl halides is 3. The maximum Gasteiger partial charge on any atom is 0.451 e. The lowest BCUT2D eigenvalue weighted by Gasteiger charge is -2.32. The normalized spacial score (nSPS) is 16.5.